The predicted molar refractivity (Wildman–Crippen MR) is 74.5 cm³/mol. The molecule has 1 aromatic heterocycles. The summed E-state index contributed by atoms with van der Waals surface area (Å²) in [6.07, 6.45) is 3.71. The molecule has 1 fully saturated rings. The van der Waals surface area contributed by atoms with Crippen molar-refractivity contribution in [1.29, 1.82) is 0 Å². The molecule has 1 N–H and O–H groups in total. The zero-order chi connectivity index (χ0) is 12.1. The number of nitrogens with zero attached hydrogens (tertiary/aromatic N) is 2. The molecule has 3 nitrogen and oxygen atoms in total. The Kier molecular flexibility index (Phi) is 4.92. The Morgan fingerprint density at radius 1 is 1.53 bits per heavy atom. The fourth-order valence-corrected chi connectivity index (χ4v) is 3.36. The van der Waals surface area contributed by atoms with Crippen molar-refractivity contribution >= 4 is 11.8 Å². The topological polar surface area (TPSA) is 29.9 Å². The van der Waals surface area contributed by atoms with Gasteiger partial charge in [0.15, 0.2) is 0 Å². The molecule has 2 rings (SSSR count). The van der Waals surface area contributed by atoms with Gasteiger partial charge < -0.3 is 5.32 Å². The van der Waals surface area contributed by atoms with Crippen molar-refractivity contribution in [2.24, 2.45) is 0 Å². The highest BCUT2D eigenvalue weighted by Gasteiger charge is 2.14. The molecule has 1 aromatic rings. The second-order valence-electron chi connectivity index (χ2n) is 4.59. The Balaban J connectivity index is 1.90. The maximum Gasteiger partial charge on any atom is 0.0625 e. The minimum absolute atomic E-state index is 0.694. The van der Waals surface area contributed by atoms with Crippen LogP contribution in [0.1, 0.15) is 38.1 Å². The fourth-order valence-electron chi connectivity index (χ4n) is 2.25. The maximum absolute atomic E-state index is 4.58. The number of hydrogen-bond donors (Lipinski definition) is 1. The first-order chi connectivity index (χ1) is 8.33. The Morgan fingerprint density at radius 3 is 3.06 bits per heavy atom. The van der Waals surface area contributed by atoms with E-state index in [2.05, 4.69) is 46.8 Å². The Labute approximate surface area is 108 Å². The average molecular weight is 253 g/mol. The Morgan fingerprint density at radius 2 is 2.41 bits per heavy atom. The highest BCUT2D eigenvalue weighted by molar-refractivity contribution is 7.99. The van der Waals surface area contributed by atoms with Gasteiger partial charge in [0.05, 0.1) is 11.4 Å². The maximum atomic E-state index is 4.58. The average Bonchev–Trinajstić information content (AvgIpc) is 2.80. The summed E-state index contributed by atoms with van der Waals surface area (Å²) in [5, 5.41) is 8.25. The standard InChI is InChI=1S/C13H23N3S/c1-3-11-8-13(16(4-2)15-11)9-14-12-6-5-7-17-10-12/h8,12,14H,3-7,9-10H2,1-2H3. The lowest BCUT2D eigenvalue weighted by molar-refractivity contribution is 0.487. The van der Waals surface area contributed by atoms with Gasteiger partial charge in [0.2, 0.25) is 0 Å². The number of hydrogen-bond acceptors (Lipinski definition) is 3. The summed E-state index contributed by atoms with van der Waals surface area (Å²) in [5.74, 6) is 2.60. The first kappa shape index (κ1) is 13.0. The highest BCUT2D eigenvalue weighted by atomic mass is 32.2. The van der Waals surface area contributed by atoms with Crippen molar-refractivity contribution < 1.29 is 0 Å². The van der Waals surface area contributed by atoms with Gasteiger partial charge in [-0.3, -0.25) is 4.68 Å². The summed E-state index contributed by atoms with van der Waals surface area (Å²) in [5.41, 5.74) is 2.54. The van der Waals surface area contributed by atoms with Crippen LogP contribution < -0.4 is 5.32 Å². The first-order valence-electron chi connectivity index (χ1n) is 6.70. The lowest BCUT2D eigenvalue weighted by Gasteiger charge is -2.22. The van der Waals surface area contributed by atoms with E-state index in [4.69, 9.17) is 0 Å². The summed E-state index contributed by atoms with van der Waals surface area (Å²) in [4.78, 5) is 0. The van der Waals surface area contributed by atoms with Crippen molar-refractivity contribution in [2.45, 2.75) is 52.2 Å². The van der Waals surface area contributed by atoms with Gasteiger partial charge in [0.1, 0.15) is 0 Å². The van der Waals surface area contributed by atoms with Crippen molar-refractivity contribution in [3.8, 4) is 0 Å². The van der Waals surface area contributed by atoms with Crippen LogP contribution in [0.5, 0.6) is 0 Å². The van der Waals surface area contributed by atoms with E-state index >= 15 is 0 Å². The third-order valence-corrected chi connectivity index (χ3v) is 4.52. The molecule has 0 spiro atoms. The minimum Gasteiger partial charge on any atom is -0.308 e. The van der Waals surface area contributed by atoms with Crippen LogP contribution in [0.3, 0.4) is 0 Å². The molecule has 96 valence electrons. The van der Waals surface area contributed by atoms with Crippen LogP contribution in [0.15, 0.2) is 6.07 Å². The molecule has 1 saturated heterocycles. The van der Waals surface area contributed by atoms with E-state index in [0.717, 1.165) is 19.5 Å². The number of rotatable bonds is 5. The molecule has 0 aromatic carbocycles. The molecule has 0 bridgehead atoms. The van der Waals surface area contributed by atoms with Crippen molar-refractivity contribution in [2.75, 3.05) is 11.5 Å². The largest absolute Gasteiger partial charge is 0.308 e. The van der Waals surface area contributed by atoms with Gasteiger partial charge in [0.25, 0.3) is 0 Å². The molecule has 17 heavy (non-hydrogen) atoms. The van der Waals surface area contributed by atoms with Gasteiger partial charge in [0, 0.05) is 24.9 Å². The van der Waals surface area contributed by atoms with Crippen LogP contribution in [-0.2, 0) is 19.5 Å². The SMILES string of the molecule is CCc1cc(CNC2CCCSC2)n(CC)n1. The molecule has 2 heterocycles. The zero-order valence-corrected chi connectivity index (χ0v) is 11.7. The van der Waals surface area contributed by atoms with E-state index in [9.17, 15) is 0 Å². The summed E-state index contributed by atoms with van der Waals surface area (Å²) in [6.45, 7) is 6.26. The molecular formula is C13H23N3S. The number of aryl methyl sites for hydroxylation is 2. The molecule has 0 amide bonds. The van der Waals surface area contributed by atoms with Gasteiger partial charge >= 0.3 is 0 Å². The monoisotopic (exact) mass is 253 g/mol. The van der Waals surface area contributed by atoms with Gasteiger partial charge in [-0.25, -0.2) is 0 Å². The smallest absolute Gasteiger partial charge is 0.0625 e. The number of nitrogens with one attached hydrogen (secondary N) is 1. The quantitative estimate of drug-likeness (QED) is 0.874. The van der Waals surface area contributed by atoms with Crippen LogP contribution >= 0.6 is 11.8 Å². The Hall–Kier alpha value is -0.480. The molecule has 1 aliphatic heterocycles. The second-order valence-corrected chi connectivity index (χ2v) is 5.74. The van der Waals surface area contributed by atoms with Crippen LogP contribution in [0, 0.1) is 0 Å². The van der Waals surface area contributed by atoms with E-state index in [-0.39, 0.29) is 0 Å². The van der Waals surface area contributed by atoms with Crippen LogP contribution in [0.2, 0.25) is 0 Å². The van der Waals surface area contributed by atoms with E-state index in [1.807, 2.05) is 0 Å². The van der Waals surface area contributed by atoms with Crippen LogP contribution in [0.25, 0.3) is 0 Å². The van der Waals surface area contributed by atoms with Crippen LogP contribution in [-0.4, -0.2) is 27.3 Å². The molecule has 0 aliphatic carbocycles. The highest BCUT2D eigenvalue weighted by Crippen LogP contribution is 2.17. The lowest BCUT2D eigenvalue weighted by Crippen LogP contribution is -2.33. The first-order valence-corrected chi connectivity index (χ1v) is 7.85. The van der Waals surface area contributed by atoms with Gasteiger partial charge in [-0.1, -0.05) is 6.92 Å². The third-order valence-electron chi connectivity index (χ3n) is 3.31. The molecule has 1 atom stereocenters. The molecule has 0 saturated carbocycles. The summed E-state index contributed by atoms with van der Waals surface area (Å²) >= 11 is 2.07. The fraction of sp³-hybridized carbons (Fsp3) is 0.769. The van der Waals surface area contributed by atoms with Crippen LogP contribution in [0.4, 0.5) is 0 Å². The summed E-state index contributed by atoms with van der Waals surface area (Å²) in [6, 6.07) is 2.94. The number of aromatic nitrogens is 2. The van der Waals surface area contributed by atoms with Gasteiger partial charge in [-0.05, 0) is 38.0 Å². The number of thioether (sulfide) groups is 1. The minimum atomic E-state index is 0.694. The van der Waals surface area contributed by atoms with E-state index in [0.29, 0.717) is 6.04 Å². The van der Waals surface area contributed by atoms with Gasteiger partial charge in [-0.2, -0.15) is 16.9 Å². The Bertz CT molecular complexity index is 342. The van der Waals surface area contributed by atoms with E-state index in [1.54, 1.807) is 0 Å². The third kappa shape index (κ3) is 3.49. The molecule has 0 radical (unpaired) electrons. The van der Waals surface area contributed by atoms with E-state index in [1.165, 1.54) is 35.7 Å². The van der Waals surface area contributed by atoms with Crippen molar-refractivity contribution in [3.05, 3.63) is 17.5 Å². The zero-order valence-electron chi connectivity index (χ0n) is 10.9. The summed E-state index contributed by atoms with van der Waals surface area (Å²) < 4.78 is 2.13. The second kappa shape index (κ2) is 6.45. The molecule has 1 unspecified atom stereocenters. The van der Waals surface area contributed by atoms with E-state index < -0.39 is 0 Å². The molecule has 4 heteroatoms. The molecular weight excluding hydrogens is 230 g/mol. The lowest BCUT2D eigenvalue weighted by atomic mass is 10.2. The predicted octanol–water partition coefficient (Wildman–Crippen LogP) is 2.45. The summed E-state index contributed by atoms with van der Waals surface area (Å²) in [7, 11) is 0. The van der Waals surface area contributed by atoms with Crippen molar-refractivity contribution in [1.82, 2.24) is 15.1 Å². The normalized spacial score (nSPS) is 20.7. The van der Waals surface area contributed by atoms with Crippen molar-refractivity contribution in [3.63, 3.8) is 0 Å². The van der Waals surface area contributed by atoms with Gasteiger partial charge in [-0.15, -0.1) is 0 Å². The molecule has 1 aliphatic rings.